The molecular weight excluding hydrogens is 256 g/mol. The van der Waals surface area contributed by atoms with Crippen LogP contribution in [0.15, 0.2) is 18.5 Å². The predicted molar refractivity (Wildman–Crippen MR) is 73.6 cm³/mol. The van der Waals surface area contributed by atoms with Crippen LogP contribution >= 0.6 is 0 Å². The summed E-state index contributed by atoms with van der Waals surface area (Å²) in [5.74, 6) is 1.18. The molecule has 4 N–H and O–H groups in total. The highest BCUT2D eigenvalue weighted by Crippen LogP contribution is 2.31. The summed E-state index contributed by atoms with van der Waals surface area (Å²) in [6.45, 7) is 3.79. The third kappa shape index (κ3) is 2.37. The zero-order valence-electron chi connectivity index (χ0n) is 11.4. The minimum atomic E-state index is -0.864. The summed E-state index contributed by atoms with van der Waals surface area (Å²) in [4.78, 5) is 10.5. The molecule has 1 aliphatic heterocycles. The van der Waals surface area contributed by atoms with E-state index in [1.54, 1.807) is 12.4 Å². The van der Waals surface area contributed by atoms with Crippen molar-refractivity contribution in [3.8, 4) is 0 Å². The Bertz CT molecular complexity index is 599. The number of aromatic amines is 1. The van der Waals surface area contributed by atoms with Gasteiger partial charge in [0.2, 0.25) is 0 Å². The lowest BCUT2D eigenvalue weighted by Crippen LogP contribution is -2.31. The fourth-order valence-corrected chi connectivity index (χ4v) is 2.62. The van der Waals surface area contributed by atoms with Gasteiger partial charge in [0.1, 0.15) is 17.2 Å². The van der Waals surface area contributed by atoms with E-state index in [2.05, 4.69) is 25.1 Å². The van der Waals surface area contributed by atoms with Crippen LogP contribution in [0.2, 0.25) is 0 Å². The second kappa shape index (κ2) is 4.84. The van der Waals surface area contributed by atoms with Gasteiger partial charge in [-0.05, 0) is 19.4 Å². The number of likely N-dealkylation sites (tertiary alicyclic amines) is 1. The largest absolute Gasteiger partial charge is 0.383 e. The van der Waals surface area contributed by atoms with Gasteiger partial charge in [0.05, 0.1) is 5.69 Å². The number of nitrogens with two attached hydrogens (primary N) is 1. The Morgan fingerprint density at radius 3 is 3.10 bits per heavy atom. The van der Waals surface area contributed by atoms with Crippen molar-refractivity contribution in [1.29, 1.82) is 0 Å². The fourth-order valence-electron chi connectivity index (χ4n) is 2.62. The maximum absolute atomic E-state index is 10.6. The molecule has 0 spiro atoms. The molecule has 1 fully saturated rings. The minimum absolute atomic E-state index is 0.509. The molecule has 1 unspecified atom stereocenters. The second-order valence-corrected chi connectivity index (χ2v) is 5.29. The molecule has 0 radical (unpaired) electrons. The molecule has 3 rings (SSSR count). The van der Waals surface area contributed by atoms with Crippen LogP contribution in [0.5, 0.6) is 0 Å². The molecule has 0 saturated carbocycles. The Hall–Kier alpha value is -1.99. The normalized spacial score (nSPS) is 23.3. The molecule has 1 saturated heterocycles. The minimum Gasteiger partial charge on any atom is -0.383 e. The van der Waals surface area contributed by atoms with Gasteiger partial charge in [0, 0.05) is 37.6 Å². The van der Waals surface area contributed by atoms with E-state index in [9.17, 15) is 5.11 Å². The molecule has 106 valence electrons. The summed E-state index contributed by atoms with van der Waals surface area (Å²) in [6, 6.07) is 1.81. The number of anilines is 1. The number of aromatic nitrogens is 4. The van der Waals surface area contributed by atoms with Gasteiger partial charge in [0.15, 0.2) is 0 Å². The number of nitrogen functional groups attached to an aromatic ring is 1. The van der Waals surface area contributed by atoms with E-state index < -0.39 is 5.60 Å². The highest BCUT2D eigenvalue weighted by Gasteiger charge is 2.38. The van der Waals surface area contributed by atoms with Crippen LogP contribution in [0.3, 0.4) is 0 Å². The van der Waals surface area contributed by atoms with Gasteiger partial charge in [-0.1, -0.05) is 0 Å². The van der Waals surface area contributed by atoms with Crippen molar-refractivity contribution in [3.05, 3.63) is 35.5 Å². The summed E-state index contributed by atoms with van der Waals surface area (Å²) in [5.41, 5.74) is 6.69. The molecule has 1 aliphatic rings. The molecule has 2 aromatic heterocycles. The maximum Gasteiger partial charge on any atom is 0.131 e. The standard InChI is InChI=1S/C13H18N6O/c1-9-15-6-10(12(14)17-9)7-19-5-3-13(20,8-19)11-2-4-16-18-11/h2,4,6,20H,3,5,7-8H2,1H3,(H,16,18)(H2,14,15,17). The highest BCUT2D eigenvalue weighted by atomic mass is 16.3. The number of nitrogens with zero attached hydrogens (tertiary/aromatic N) is 4. The van der Waals surface area contributed by atoms with Crippen molar-refractivity contribution in [2.24, 2.45) is 0 Å². The molecule has 0 amide bonds. The van der Waals surface area contributed by atoms with E-state index >= 15 is 0 Å². The van der Waals surface area contributed by atoms with Crippen molar-refractivity contribution in [1.82, 2.24) is 25.1 Å². The Labute approximate surface area is 116 Å². The van der Waals surface area contributed by atoms with Crippen molar-refractivity contribution in [3.63, 3.8) is 0 Å². The zero-order chi connectivity index (χ0) is 14.2. The lowest BCUT2D eigenvalue weighted by Gasteiger charge is -2.22. The van der Waals surface area contributed by atoms with Gasteiger partial charge in [-0.2, -0.15) is 5.10 Å². The molecule has 2 aromatic rings. The molecule has 3 heterocycles. The fraction of sp³-hybridized carbons (Fsp3) is 0.462. The highest BCUT2D eigenvalue weighted by molar-refractivity contribution is 5.37. The molecule has 7 nitrogen and oxygen atoms in total. The van der Waals surface area contributed by atoms with E-state index in [1.807, 2.05) is 13.0 Å². The lowest BCUT2D eigenvalue weighted by molar-refractivity contribution is 0.0409. The van der Waals surface area contributed by atoms with Crippen LogP contribution < -0.4 is 5.73 Å². The van der Waals surface area contributed by atoms with Crippen LogP contribution in [0.1, 0.15) is 23.5 Å². The molecule has 0 aromatic carbocycles. The molecule has 20 heavy (non-hydrogen) atoms. The van der Waals surface area contributed by atoms with E-state index in [4.69, 9.17) is 5.73 Å². The summed E-state index contributed by atoms with van der Waals surface area (Å²) < 4.78 is 0. The Morgan fingerprint density at radius 1 is 1.55 bits per heavy atom. The molecule has 7 heteroatoms. The van der Waals surface area contributed by atoms with E-state index in [0.717, 1.165) is 17.8 Å². The van der Waals surface area contributed by atoms with E-state index in [0.29, 0.717) is 31.2 Å². The Morgan fingerprint density at radius 2 is 2.40 bits per heavy atom. The van der Waals surface area contributed by atoms with Gasteiger partial charge in [-0.25, -0.2) is 9.97 Å². The quantitative estimate of drug-likeness (QED) is 0.738. The van der Waals surface area contributed by atoms with Gasteiger partial charge >= 0.3 is 0 Å². The van der Waals surface area contributed by atoms with E-state index in [-0.39, 0.29) is 0 Å². The number of nitrogens with one attached hydrogen (secondary N) is 1. The second-order valence-electron chi connectivity index (χ2n) is 5.29. The van der Waals surface area contributed by atoms with Crippen LogP contribution in [0.4, 0.5) is 5.82 Å². The molecule has 0 aliphatic carbocycles. The van der Waals surface area contributed by atoms with Crippen LogP contribution in [0, 0.1) is 6.92 Å². The molecular formula is C13H18N6O. The summed E-state index contributed by atoms with van der Waals surface area (Å²) in [6.07, 6.45) is 4.08. The van der Waals surface area contributed by atoms with Crippen LogP contribution in [0.25, 0.3) is 0 Å². The van der Waals surface area contributed by atoms with Crippen molar-refractivity contribution in [2.45, 2.75) is 25.5 Å². The first-order valence-electron chi connectivity index (χ1n) is 6.59. The first-order valence-corrected chi connectivity index (χ1v) is 6.59. The SMILES string of the molecule is Cc1ncc(CN2CCC(O)(c3ccn[nH]3)C2)c(N)n1. The first kappa shape index (κ1) is 13.0. The van der Waals surface area contributed by atoms with Crippen LogP contribution in [-0.2, 0) is 12.1 Å². The number of rotatable bonds is 3. The average Bonchev–Trinajstić information content (AvgIpc) is 3.03. The summed E-state index contributed by atoms with van der Waals surface area (Å²) >= 11 is 0. The maximum atomic E-state index is 10.6. The predicted octanol–water partition coefficient (Wildman–Crippen LogP) is 0.184. The number of aryl methyl sites for hydroxylation is 1. The lowest BCUT2D eigenvalue weighted by atomic mass is 9.99. The Balaban J connectivity index is 1.72. The van der Waals surface area contributed by atoms with Gasteiger partial charge < -0.3 is 10.8 Å². The van der Waals surface area contributed by atoms with Crippen LogP contribution in [-0.4, -0.2) is 43.3 Å². The number of H-pyrrole nitrogens is 1. The molecule has 1 atom stereocenters. The van der Waals surface area contributed by atoms with Crippen molar-refractivity contribution < 1.29 is 5.11 Å². The monoisotopic (exact) mass is 274 g/mol. The number of aliphatic hydroxyl groups is 1. The first-order chi connectivity index (χ1) is 9.57. The van der Waals surface area contributed by atoms with E-state index in [1.165, 1.54) is 0 Å². The third-order valence-electron chi connectivity index (χ3n) is 3.74. The number of β-amino-alcohol motifs (C(OH)–C–C–N with tert-alkyl or cyclic N) is 1. The van der Waals surface area contributed by atoms with Crippen molar-refractivity contribution >= 4 is 5.82 Å². The summed E-state index contributed by atoms with van der Waals surface area (Å²) in [7, 11) is 0. The zero-order valence-corrected chi connectivity index (χ0v) is 11.4. The third-order valence-corrected chi connectivity index (χ3v) is 3.74. The average molecular weight is 274 g/mol. The summed E-state index contributed by atoms with van der Waals surface area (Å²) in [5, 5.41) is 17.4. The van der Waals surface area contributed by atoms with Gasteiger partial charge in [0.25, 0.3) is 0 Å². The van der Waals surface area contributed by atoms with Gasteiger partial charge in [-0.15, -0.1) is 0 Å². The topological polar surface area (TPSA) is 104 Å². The molecule has 0 bridgehead atoms. The van der Waals surface area contributed by atoms with Crippen molar-refractivity contribution in [2.75, 3.05) is 18.8 Å². The number of hydrogen-bond acceptors (Lipinski definition) is 6. The Kier molecular flexibility index (Phi) is 3.15. The van der Waals surface area contributed by atoms with Gasteiger partial charge in [-0.3, -0.25) is 10.00 Å². The number of hydrogen-bond donors (Lipinski definition) is 3. The smallest absolute Gasteiger partial charge is 0.131 e.